The van der Waals surface area contributed by atoms with Crippen LogP contribution in [0.2, 0.25) is 0 Å². The molecule has 0 saturated heterocycles. The second-order valence-corrected chi connectivity index (χ2v) is 4.81. The Kier molecular flexibility index (Phi) is 3.73. The molecule has 0 bridgehead atoms. The van der Waals surface area contributed by atoms with Crippen LogP contribution in [0.1, 0.15) is 30.0 Å². The molecule has 3 N–H and O–H groups in total. The van der Waals surface area contributed by atoms with Crippen LogP contribution in [0.5, 0.6) is 5.75 Å². The predicted molar refractivity (Wildman–Crippen MR) is 63.7 cm³/mol. The van der Waals surface area contributed by atoms with E-state index in [0.717, 1.165) is 25.0 Å². The molecule has 0 aromatic heterocycles. The lowest BCUT2D eigenvalue weighted by atomic mass is 9.97. The maximum absolute atomic E-state index is 12.6. The fourth-order valence-electron chi connectivity index (χ4n) is 2.08. The molecular weight excluding hydrogens is 259 g/mol. The van der Waals surface area contributed by atoms with E-state index < -0.39 is 23.9 Å². The van der Waals surface area contributed by atoms with E-state index in [1.165, 1.54) is 13.2 Å². The Balaban J connectivity index is 2.29. The quantitative estimate of drug-likeness (QED) is 0.887. The van der Waals surface area contributed by atoms with Crippen LogP contribution in [0.25, 0.3) is 0 Å². The summed E-state index contributed by atoms with van der Waals surface area (Å²) in [5.74, 6) is 0.198. The number of alkyl halides is 3. The van der Waals surface area contributed by atoms with E-state index in [4.69, 9.17) is 10.5 Å². The minimum absolute atomic E-state index is 0.0574. The van der Waals surface area contributed by atoms with Gasteiger partial charge in [-0.3, -0.25) is 0 Å². The van der Waals surface area contributed by atoms with E-state index in [1.54, 1.807) is 0 Å². The van der Waals surface area contributed by atoms with E-state index in [-0.39, 0.29) is 11.7 Å². The van der Waals surface area contributed by atoms with Crippen molar-refractivity contribution in [1.82, 2.24) is 0 Å². The van der Waals surface area contributed by atoms with Gasteiger partial charge in [-0.25, -0.2) is 0 Å². The first kappa shape index (κ1) is 14.1. The van der Waals surface area contributed by atoms with Gasteiger partial charge in [-0.05, 0) is 30.9 Å². The van der Waals surface area contributed by atoms with Crippen molar-refractivity contribution in [2.45, 2.75) is 31.2 Å². The number of methoxy groups -OCH3 is 1. The molecule has 0 heterocycles. The van der Waals surface area contributed by atoms with Crippen molar-refractivity contribution < 1.29 is 23.0 Å². The Hall–Kier alpha value is -1.27. The second-order valence-electron chi connectivity index (χ2n) is 4.81. The molecule has 2 rings (SSSR count). The standard InChI is InChI=1S/C13H16F3NO2/c1-19-10-6-8(13(14,15)16)4-5-9(10)11(17)12(18)7-2-3-7/h4-7,11-12,18H,2-3,17H2,1H3/t11-,12+/m1/s1. The van der Waals surface area contributed by atoms with Crippen molar-refractivity contribution in [2.24, 2.45) is 11.7 Å². The van der Waals surface area contributed by atoms with E-state index >= 15 is 0 Å². The zero-order valence-corrected chi connectivity index (χ0v) is 10.4. The first-order valence-corrected chi connectivity index (χ1v) is 6.03. The largest absolute Gasteiger partial charge is 0.496 e. The van der Waals surface area contributed by atoms with E-state index in [2.05, 4.69) is 0 Å². The van der Waals surface area contributed by atoms with Gasteiger partial charge >= 0.3 is 6.18 Å². The van der Waals surface area contributed by atoms with Gasteiger partial charge in [-0.15, -0.1) is 0 Å². The third-order valence-corrected chi connectivity index (χ3v) is 3.39. The smallest absolute Gasteiger partial charge is 0.416 e. The molecule has 1 aliphatic rings. The van der Waals surface area contributed by atoms with Crippen molar-refractivity contribution in [1.29, 1.82) is 0 Å². The zero-order chi connectivity index (χ0) is 14.2. The number of hydrogen-bond acceptors (Lipinski definition) is 3. The topological polar surface area (TPSA) is 55.5 Å². The molecule has 3 nitrogen and oxygen atoms in total. The Morgan fingerprint density at radius 1 is 1.37 bits per heavy atom. The molecule has 0 unspecified atom stereocenters. The third-order valence-electron chi connectivity index (χ3n) is 3.39. The van der Waals surface area contributed by atoms with Crippen molar-refractivity contribution in [2.75, 3.05) is 7.11 Å². The minimum Gasteiger partial charge on any atom is -0.496 e. The molecule has 106 valence electrons. The summed E-state index contributed by atoms with van der Waals surface area (Å²) >= 11 is 0. The van der Waals surface area contributed by atoms with Gasteiger partial charge in [0.25, 0.3) is 0 Å². The highest BCUT2D eigenvalue weighted by molar-refractivity contribution is 5.41. The van der Waals surface area contributed by atoms with Crippen LogP contribution in [0, 0.1) is 5.92 Å². The molecule has 1 aromatic rings. The van der Waals surface area contributed by atoms with Crippen molar-refractivity contribution >= 4 is 0 Å². The van der Waals surface area contributed by atoms with Gasteiger partial charge in [0.05, 0.1) is 24.8 Å². The van der Waals surface area contributed by atoms with Gasteiger partial charge in [-0.2, -0.15) is 13.2 Å². The SMILES string of the molecule is COc1cc(C(F)(F)F)ccc1[C@@H](N)[C@@H](O)C1CC1. The van der Waals surface area contributed by atoms with Gasteiger partial charge in [0.1, 0.15) is 5.75 Å². The molecule has 1 saturated carbocycles. The molecule has 2 atom stereocenters. The van der Waals surface area contributed by atoms with Crippen LogP contribution in [-0.4, -0.2) is 18.3 Å². The molecule has 0 amide bonds. The van der Waals surface area contributed by atoms with Crippen molar-refractivity contribution in [3.05, 3.63) is 29.3 Å². The Morgan fingerprint density at radius 2 is 2.00 bits per heavy atom. The number of rotatable bonds is 4. The van der Waals surface area contributed by atoms with Crippen LogP contribution in [-0.2, 0) is 6.18 Å². The second kappa shape index (κ2) is 5.02. The Bertz CT molecular complexity index is 458. The van der Waals surface area contributed by atoms with Crippen LogP contribution in [0.4, 0.5) is 13.2 Å². The highest BCUT2D eigenvalue weighted by atomic mass is 19.4. The summed E-state index contributed by atoms with van der Waals surface area (Å²) in [4.78, 5) is 0. The molecule has 19 heavy (non-hydrogen) atoms. The van der Waals surface area contributed by atoms with Gasteiger partial charge < -0.3 is 15.6 Å². The lowest BCUT2D eigenvalue weighted by Gasteiger charge is -2.22. The number of halogens is 3. The highest BCUT2D eigenvalue weighted by Crippen LogP contribution is 2.40. The summed E-state index contributed by atoms with van der Waals surface area (Å²) in [5, 5.41) is 9.96. The maximum atomic E-state index is 12.6. The predicted octanol–water partition coefficient (Wildman–Crippen LogP) is 2.48. The average molecular weight is 275 g/mol. The molecule has 1 aromatic carbocycles. The summed E-state index contributed by atoms with van der Waals surface area (Å²) in [7, 11) is 1.29. The molecule has 1 fully saturated rings. The number of hydrogen-bond donors (Lipinski definition) is 2. The highest BCUT2D eigenvalue weighted by Gasteiger charge is 2.36. The van der Waals surface area contributed by atoms with E-state index in [1.807, 2.05) is 0 Å². The number of aliphatic hydroxyl groups is 1. The van der Waals surface area contributed by atoms with Crippen molar-refractivity contribution in [3.63, 3.8) is 0 Å². The molecule has 0 radical (unpaired) electrons. The third kappa shape index (κ3) is 3.01. The summed E-state index contributed by atoms with van der Waals surface area (Å²) in [5.41, 5.74) is 5.51. The van der Waals surface area contributed by atoms with Gasteiger partial charge in [0.15, 0.2) is 0 Å². The summed E-state index contributed by atoms with van der Waals surface area (Å²) < 4.78 is 42.8. The fourth-order valence-corrected chi connectivity index (χ4v) is 2.08. The lowest BCUT2D eigenvalue weighted by Crippen LogP contribution is -2.28. The monoisotopic (exact) mass is 275 g/mol. The zero-order valence-electron chi connectivity index (χ0n) is 10.4. The number of benzene rings is 1. The average Bonchev–Trinajstić information content (AvgIpc) is 3.19. The first-order valence-electron chi connectivity index (χ1n) is 6.03. The van der Waals surface area contributed by atoms with E-state index in [0.29, 0.717) is 5.56 Å². The molecular formula is C13H16F3NO2. The minimum atomic E-state index is -4.43. The van der Waals surface area contributed by atoms with E-state index in [9.17, 15) is 18.3 Å². The van der Waals surface area contributed by atoms with Crippen molar-refractivity contribution in [3.8, 4) is 5.75 Å². The number of aliphatic hydroxyl groups excluding tert-OH is 1. The molecule has 0 aliphatic heterocycles. The number of nitrogens with two attached hydrogens (primary N) is 1. The van der Waals surface area contributed by atoms with Gasteiger partial charge in [-0.1, -0.05) is 6.07 Å². The Labute approximate surface area is 109 Å². The van der Waals surface area contributed by atoms with Crippen LogP contribution in [0.15, 0.2) is 18.2 Å². The molecule has 1 aliphatic carbocycles. The first-order chi connectivity index (χ1) is 8.84. The molecule has 6 heteroatoms. The molecule has 0 spiro atoms. The lowest BCUT2D eigenvalue weighted by molar-refractivity contribution is -0.137. The Morgan fingerprint density at radius 3 is 2.47 bits per heavy atom. The van der Waals surface area contributed by atoms with Crippen LogP contribution < -0.4 is 10.5 Å². The summed E-state index contributed by atoms with van der Waals surface area (Å²) in [6.45, 7) is 0. The van der Waals surface area contributed by atoms with Crippen LogP contribution in [0.3, 0.4) is 0 Å². The number of ether oxygens (including phenoxy) is 1. The summed E-state index contributed by atoms with van der Waals surface area (Å²) in [6, 6.07) is 2.41. The van der Waals surface area contributed by atoms with Gasteiger partial charge in [0.2, 0.25) is 0 Å². The summed E-state index contributed by atoms with van der Waals surface area (Å²) in [6.07, 6.45) is -3.37. The normalized spacial score (nSPS) is 19.1. The van der Waals surface area contributed by atoms with Gasteiger partial charge in [0, 0.05) is 5.56 Å². The fraction of sp³-hybridized carbons (Fsp3) is 0.538. The maximum Gasteiger partial charge on any atom is 0.416 e. The van der Waals surface area contributed by atoms with Crippen LogP contribution >= 0.6 is 0 Å².